The molecule has 0 amide bonds. The molecule has 102 valence electrons. The highest BCUT2D eigenvalue weighted by Crippen LogP contribution is 2.21. The van der Waals surface area contributed by atoms with Crippen molar-refractivity contribution in [1.29, 1.82) is 0 Å². The maximum Gasteiger partial charge on any atom is 0.00922 e. The Labute approximate surface area is 109 Å². The van der Waals surface area contributed by atoms with Crippen molar-refractivity contribution in [3.8, 4) is 0 Å². The lowest BCUT2D eigenvalue weighted by Gasteiger charge is -2.29. The van der Waals surface area contributed by atoms with E-state index >= 15 is 0 Å². The molecular formula is C16H33N. The van der Waals surface area contributed by atoms with Crippen LogP contribution >= 0.6 is 0 Å². The van der Waals surface area contributed by atoms with Crippen LogP contribution in [0.4, 0.5) is 0 Å². The first-order chi connectivity index (χ1) is 8.20. The standard InChI is InChI=1S/C16H33N/c1-15(2)11-9-10-14-17(3)16-12-7-5-4-6-8-13-16/h15-16H,4-14H2,1-3H3. The minimum absolute atomic E-state index is 0.877. The largest absolute Gasteiger partial charge is 0.303 e. The van der Waals surface area contributed by atoms with E-state index < -0.39 is 0 Å². The van der Waals surface area contributed by atoms with Crippen LogP contribution in [0.2, 0.25) is 0 Å². The van der Waals surface area contributed by atoms with Gasteiger partial charge >= 0.3 is 0 Å². The van der Waals surface area contributed by atoms with E-state index in [4.69, 9.17) is 0 Å². The highest BCUT2D eigenvalue weighted by Gasteiger charge is 2.15. The Balaban J connectivity index is 2.13. The van der Waals surface area contributed by atoms with Crippen molar-refractivity contribution < 1.29 is 0 Å². The minimum Gasteiger partial charge on any atom is -0.303 e. The summed E-state index contributed by atoms with van der Waals surface area (Å²) < 4.78 is 0. The van der Waals surface area contributed by atoms with E-state index in [0.29, 0.717) is 0 Å². The molecule has 1 nitrogen and oxygen atoms in total. The molecule has 1 aliphatic carbocycles. The van der Waals surface area contributed by atoms with Gasteiger partial charge in [-0.25, -0.2) is 0 Å². The third-order valence-electron chi connectivity index (χ3n) is 4.24. The van der Waals surface area contributed by atoms with Crippen LogP contribution in [0.1, 0.15) is 78.1 Å². The van der Waals surface area contributed by atoms with Crippen LogP contribution in [0.5, 0.6) is 0 Å². The zero-order chi connectivity index (χ0) is 12.5. The molecule has 0 spiro atoms. The highest BCUT2D eigenvalue weighted by molar-refractivity contribution is 4.71. The molecule has 1 heteroatoms. The lowest BCUT2D eigenvalue weighted by Crippen LogP contribution is -2.33. The summed E-state index contributed by atoms with van der Waals surface area (Å²) in [5, 5.41) is 0. The zero-order valence-electron chi connectivity index (χ0n) is 12.4. The molecule has 1 aliphatic rings. The first kappa shape index (κ1) is 15.0. The summed E-state index contributed by atoms with van der Waals surface area (Å²) >= 11 is 0. The Morgan fingerprint density at radius 1 is 0.941 bits per heavy atom. The summed E-state index contributed by atoms with van der Waals surface area (Å²) in [6, 6.07) is 0.884. The van der Waals surface area contributed by atoms with Crippen molar-refractivity contribution in [1.82, 2.24) is 4.90 Å². The average molecular weight is 239 g/mol. The van der Waals surface area contributed by atoms with Crippen LogP contribution in [0, 0.1) is 5.92 Å². The van der Waals surface area contributed by atoms with E-state index in [1.807, 2.05) is 0 Å². The highest BCUT2D eigenvalue weighted by atomic mass is 15.1. The summed E-state index contributed by atoms with van der Waals surface area (Å²) in [4.78, 5) is 2.64. The molecule has 0 radical (unpaired) electrons. The number of hydrogen-bond acceptors (Lipinski definition) is 1. The minimum atomic E-state index is 0.877. The molecule has 0 heterocycles. The smallest absolute Gasteiger partial charge is 0.00922 e. The molecule has 0 unspecified atom stereocenters. The van der Waals surface area contributed by atoms with Gasteiger partial charge in [-0.05, 0) is 38.8 Å². The van der Waals surface area contributed by atoms with Crippen molar-refractivity contribution in [3.05, 3.63) is 0 Å². The third kappa shape index (κ3) is 7.08. The fourth-order valence-electron chi connectivity index (χ4n) is 2.97. The second-order valence-corrected chi connectivity index (χ2v) is 6.37. The molecule has 1 rings (SSSR count). The van der Waals surface area contributed by atoms with Gasteiger partial charge in [0.2, 0.25) is 0 Å². The van der Waals surface area contributed by atoms with Crippen molar-refractivity contribution in [2.45, 2.75) is 84.1 Å². The fraction of sp³-hybridized carbons (Fsp3) is 1.00. The Hall–Kier alpha value is -0.0400. The average Bonchev–Trinajstić information content (AvgIpc) is 2.23. The van der Waals surface area contributed by atoms with Gasteiger partial charge in [-0.1, -0.05) is 58.8 Å². The van der Waals surface area contributed by atoms with Crippen molar-refractivity contribution in [3.63, 3.8) is 0 Å². The maximum atomic E-state index is 2.64. The summed E-state index contributed by atoms with van der Waals surface area (Å²) in [5.74, 6) is 0.877. The Morgan fingerprint density at radius 3 is 2.12 bits per heavy atom. The SMILES string of the molecule is CC(C)CCCCN(C)C1CCCCCCC1. The molecule has 1 saturated carbocycles. The van der Waals surface area contributed by atoms with Gasteiger partial charge in [-0.15, -0.1) is 0 Å². The molecule has 0 aliphatic heterocycles. The second kappa shape index (κ2) is 8.97. The quantitative estimate of drug-likeness (QED) is 0.598. The molecule has 0 atom stereocenters. The molecule has 0 aromatic heterocycles. The lowest BCUT2D eigenvalue weighted by molar-refractivity contribution is 0.199. The van der Waals surface area contributed by atoms with E-state index in [0.717, 1.165) is 12.0 Å². The predicted molar refractivity (Wildman–Crippen MR) is 77.4 cm³/mol. The number of hydrogen-bond donors (Lipinski definition) is 0. The van der Waals surface area contributed by atoms with Crippen LogP contribution < -0.4 is 0 Å². The second-order valence-electron chi connectivity index (χ2n) is 6.37. The van der Waals surface area contributed by atoms with E-state index in [2.05, 4.69) is 25.8 Å². The van der Waals surface area contributed by atoms with Crippen LogP contribution in [-0.4, -0.2) is 24.5 Å². The molecular weight excluding hydrogens is 206 g/mol. The van der Waals surface area contributed by atoms with Gasteiger partial charge in [0.1, 0.15) is 0 Å². The van der Waals surface area contributed by atoms with E-state index in [-0.39, 0.29) is 0 Å². The van der Waals surface area contributed by atoms with Gasteiger partial charge in [0.05, 0.1) is 0 Å². The van der Waals surface area contributed by atoms with Crippen LogP contribution in [0.25, 0.3) is 0 Å². The lowest BCUT2D eigenvalue weighted by atomic mass is 9.95. The van der Waals surface area contributed by atoms with Gasteiger partial charge in [0.15, 0.2) is 0 Å². The summed E-state index contributed by atoms with van der Waals surface area (Å²) in [5.41, 5.74) is 0. The van der Waals surface area contributed by atoms with Gasteiger partial charge in [-0.3, -0.25) is 0 Å². The molecule has 0 bridgehead atoms. The van der Waals surface area contributed by atoms with Crippen LogP contribution in [0.3, 0.4) is 0 Å². The Morgan fingerprint density at radius 2 is 1.53 bits per heavy atom. The van der Waals surface area contributed by atoms with Crippen molar-refractivity contribution in [2.24, 2.45) is 5.92 Å². The van der Waals surface area contributed by atoms with Gasteiger partial charge in [-0.2, -0.15) is 0 Å². The number of unbranched alkanes of at least 4 members (excludes halogenated alkanes) is 1. The maximum absolute atomic E-state index is 2.64. The molecule has 0 aromatic carbocycles. The number of nitrogens with zero attached hydrogens (tertiary/aromatic N) is 1. The first-order valence-corrected chi connectivity index (χ1v) is 7.90. The third-order valence-corrected chi connectivity index (χ3v) is 4.24. The molecule has 0 saturated heterocycles. The zero-order valence-corrected chi connectivity index (χ0v) is 12.4. The summed E-state index contributed by atoms with van der Waals surface area (Å²) in [6.07, 6.45) is 14.4. The van der Waals surface area contributed by atoms with Crippen molar-refractivity contribution >= 4 is 0 Å². The summed E-state index contributed by atoms with van der Waals surface area (Å²) in [7, 11) is 2.35. The van der Waals surface area contributed by atoms with E-state index in [9.17, 15) is 0 Å². The monoisotopic (exact) mass is 239 g/mol. The van der Waals surface area contributed by atoms with Crippen molar-refractivity contribution in [2.75, 3.05) is 13.6 Å². The van der Waals surface area contributed by atoms with Gasteiger partial charge in [0.25, 0.3) is 0 Å². The Bertz CT molecular complexity index is 168. The molecule has 0 aromatic rings. The fourth-order valence-corrected chi connectivity index (χ4v) is 2.97. The van der Waals surface area contributed by atoms with E-state index in [1.54, 1.807) is 0 Å². The molecule has 1 fully saturated rings. The first-order valence-electron chi connectivity index (χ1n) is 7.90. The topological polar surface area (TPSA) is 3.24 Å². The normalized spacial score (nSPS) is 19.6. The van der Waals surface area contributed by atoms with Crippen LogP contribution in [-0.2, 0) is 0 Å². The van der Waals surface area contributed by atoms with Crippen LogP contribution in [0.15, 0.2) is 0 Å². The molecule has 17 heavy (non-hydrogen) atoms. The predicted octanol–water partition coefficient (Wildman–Crippen LogP) is 4.86. The van der Waals surface area contributed by atoms with Gasteiger partial charge in [0, 0.05) is 6.04 Å². The van der Waals surface area contributed by atoms with E-state index in [1.165, 1.54) is 70.8 Å². The molecule has 0 N–H and O–H groups in total. The number of rotatable bonds is 6. The van der Waals surface area contributed by atoms with Gasteiger partial charge < -0.3 is 4.90 Å². The Kier molecular flexibility index (Phi) is 7.92. The summed E-state index contributed by atoms with van der Waals surface area (Å²) in [6.45, 7) is 5.98.